The van der Waals surface area contributed by atoms with Crippen LogP contribution in [0.4, 0.5) is 0 Å². The molecule has 1 aliphatic rings. The molecule has 2 atom stereocenters. The van der Waals surface area contributed by atoms with Gasteiger partial charge in [-0.2, -0.15) is 0 Å². The number of carbonyl (C=O) groups excluding carboxylic acids is 1. The van der Waals surface area contributed by atoms with Gasteiger partial charge in [0.2, 0.25) is 5.91 Å². The van der Waals surface area contributed by atoms with Crippen molar-refractivity contribution in [3.63, 3.8) is 0 Å². The molecule has 1 aliphatic carbocycles. The Labute approximate surface area is 133 Å². The Bertz CT molecular complexity index is 625. The summed E-state index contributed by atoms with van der Waals surface area (Å²) in [5, 5.41) is 2.90. The molecule has 3 nitrogen and oxygen atoms in total. The number of amides is 1. The van der Waals surface area contributed by atoms with E-state index in [4.69, 9.17) is 27.6 Å². The molecule has 1 aromatic heterocycles. The maximum Gasteiger partial charge on any atom is 0.224 e. The number of furan rings is 1. The topological polar surface area (TPSA) is 42.2 Å². The minimum absolute atomic E-state index is 0.0427. The van der Waals surface area contributed by atoms with Gasteiger partial charge in [-0.25, -0.2) is 0 Å². The molecule has 0 saturated carbocycles. The van der Waals surface area contributed by atoms with E-state index in [1.165, 1.54) is 0 Å². The first-order chi connectivity index (χ1) is 10.2. The van der Waals surface area contributed by atoms with Gasteiger partial charge in [-0.05, 0) is 29.7 Å². The molecule has 110 valence electrons. The van der Waals surface area contributed by atoms with Crippen molar-refractivity contribution in [2.45, 2.75) is 23.7 Å². The van der Waals surface area contributed by atoms with Crippen molar-refractivity contribution in [2.75, 3.05) is 0 Å². The fourth-order valence-electron chi connectivity index (χ4n) is 2.91. The first-order valence-electron chi connectivity index (χ1n) is 6.83. The zero-order valence-corrected chi connectivity index (χ0v) is 12.8. The first kappa shape index (κ1) is 14.5. The molecule has 0 unspecified atom stereocenters. The molecule has 1 amide bonds. The second-order valence-electron chi connectivity index (χ2n) is 5.17. The number of nitrogens with one attached hydrogen (secondary N) is 1. The van der Waals surface area contributed by atoms with Crippen molar-refractivity contribution in [1.29, 1.82) is 0 Å². The molecule has 1 N–H and O–H groups in total. The normalized spacial score (nSPS) is 20.5. The Balaban J connectivity index is 1.74. The average Bonchev–Trinajstić information content (AvgIpc) is 3.11. The lowest BCUT2D eigenvalue weighted by atomic mass is 9.93. The van der Waals surface area contributed by atoms with Gasteiger partial charge in [0.1, 0.15) is 10.6 Å². The highest BCUT2D eigenvalue weighted by Crippen LogP contribution is 2.43. The van der Waals surface area contributed by atoms with Gasteiger partial charge in [0.15, 0.2) is 0 Å². The largest absolute Gasteiger partial charge is 0.467 e. The zero-order chi connectivity index (χ0) is 14.8. The van der Waals surface area contributed by atoms with Crippen molar-refractivity contribution in [3.05, 3.63) is 59.5 Å². The van der Waals surface area contributed by atoms with Gasteiger partial charge in [0, 0.05) is 5.92 Å². The van der Waals surface area contributed by atoms with Gasteiger partial charge < -0.3 is 9.73 Å². The zero-order valence-electron chi connectivity index (χ0n) is 11.3. The summed E-state index contributed by atoms with van der Waals surface area (Å²) in [6.07, 6.45) is 2.25. The summed E-state index contributed by atoms with van der Waals surface area (Å²) in [6, 6.07) is 11.6. The molecule has 21 heavy (non-hydrogen) atoms. The number of hydrogen-bond acceptors (Lipinski definition) is 2. The van der Waals surface area contributed by atoms with Crippen LogP contribution in [-0.4, -0.2) is 10.7 Å². The molecule has 1 heterocycles. The van der Waals surface area contributed by atoms with Crippen molar-refractivity contribution in [3.8, 4) is 0 Å². The van der Waals surface area contributed by atoms with Gasteiger partial charge in [-0.3, -0.25) is 4.79 Å². The molecule has 0 aliphatic heterocycles. The van der Waals surface area contributed by atoms with Gasteiger partial charge in [0.25, 0.3) is 0 Å². The summed E-state index contributed by atoms with van der Waals surface area (Å²) in [5.74, 6) is 0.279. The molecular weight excluding hydrogens is 309 g/mol. The fraction of sp³-hybridized carbons (Fsp3) is 0.312. The number of alkyl halides is 2. The minimum Gasteiger partial charge on any atom is -0.467 e. The van der Waals surface area contributed by atoms with Crippen LogP contribution in [0.5, 0.6) is 0 Å². The van der Waals surface area contributed by atoms with Crippen LogP contribution >= 0.6 is 23.2 Å². The maximum absolute atomic E-state index is 12.5. The number of benzene rings is 1. The van der Waals surface area contributed by atoms with Crippen LogP contribution < -0.4 is 5.32 Å². The van der Waals surface area contributed by atoms with Crippen LogP contribution in [0.15, 0.2) is 47.1 Å². The van der Waals surface area contributed by atoms with E-state index in [-0.39, 0.29) is 17.7 Å². The Hall–Kier alpha value is -1.45. The van der Waals surface area contributed by atoms with Crippen LogP contribution in [0.1, 0.15) is 22.8 Å². The summed E-state index contributed by atoms with van der Waals surface area (Å²) in [5.41, 5.74) is 2.22. The molecule has 0 fully saturated rings. The number of hydrogen-bond donors (Lipinski definition) is 1. The molecule has 1 aromatic carbocycles. The van der Waals surface area contributed by atoms with Crippen LogP contribution in [0.25, 0.3) is 0 Å². The van der Waals surface area contributed by atoms with Crippen LogP contribution in [0.3, 0.4) is 0 Å². The Morgan fingerprint density at radius 1 is 1.29 bits per heavy atom. The monoisotopic (exact) mass is 323 g/mol. The van der Waals surface area contributed by atoms with Crippen molar-refractivity contribution in [2.24, 2.45) is 5.92 Å². The van der Waals surface area contributed by atoms with Gasteiger partial charge in [0.05, 0.1) is 18.7 Å². The van der Waals surface area contributed by atoms with Crippen LogP contribution in [0.2, 0.25) is 0 Å². The predicted molar refractivity (Wildman–Crippen MR) is 82.4 cm³/mol. The molecular formula is C16H15Cl2NO2. The van der Waals surface area contributed by atoms with Gasteiger partial charge >= 0.3 is 0 Å². The van der Waals surface area contributed by atoms with E-state index >= 15 is 0 Å². The first-order valence-corrected chi connectivity index (χ1v) is 7.70. The lowest BCUT2D eigenvalue weighted by Crippen LogP contribution is -2.34. The molecule has 3 rings (SSSR count). The van der Waals surface area contributed by atoms with E-state index in [1.807, 2.05) is 30.3 Å². The Morgan fingerprint density at radius 2 is 2.10 bits per heavy atom. The van der Waals surface area contributed by atoms with E-state index in [2.05, 4.69) is 5.32 Å². The van der Waals surface area contributed by atoms with E-state index in [9.17, 15) is 4.79 Å². The SMILES string of the molecule is O=C(NCc1ccco1)[C@H]1Cc2ccccc2[C@H]1C(Cl)Cl. The van der Waals surface area contributed by atoms with Crippen LogP contribution in [-0.2, 0) is 17.8 Å². The highest BCUT2D eigenvalue weighted by Gasteiger charge is 2.40. The van der Waals surface area contributed by atoms with Crippen LogP contribution in [0, 0.1) is 5.92 Å². The maximum atomic E-state index is 12.5. The standard InChI is InChI=1S/C16H15Cl2NO2/c17-15(18)14-12-6-2-1-4-10(12)8-13(14)16(20)19-9-11-5-3-7-21-11/h1-7,13-15H,8-9H2,(H,19,20)/t13-,14+/m0/s1. The Morgan fingerprint density at radius 3 is 2.81 bits per heavy atom. The van der Waals surface area contributed by atoms with Crippen molar-refractivity contribution in [1.82, 2.24) is 5.32 Å². The second-order valence-corrected chi connectivity index (χ2v) is 6.33. The van der Waals surface area contributed by atoms with E-state index in [0.717, 1.165) is 16.9 Å². The molecule has 2 aromatic rings. The smallest absolute Gasteiger partial charge is 0.224 e. The van der Waals surface area contributed by atoms with Gasteiger partial charge in [-0.15, -0.1) is 23.2 Å². The minimum atomic E-state index is -0.604. The summed E-state index contributed by atoms with van der Waals surface area (Å²) in [4.78, 5) is 11.9. The highest BCUT2D eigenvalue weighted by atomic mass is 35.5. The number of halogens is 2. The fourth-order valence-corrected chi connectivity index (χ4v) is 3.53. The summed E-state index contributed by atoms with van der Waals surface area (Å²) < 4.78 is 5.22. The van der Waals surface area contributed by atoms with E-state index < -0.39 is 4.84 Å². The summed E-state index contributed by atoms with van der Waals surface area (Å²) >= 11 is 12.2. The molecule has 5 heteroatoms. The summed E-state index contributed by atoms with van der Waals surface area (Å²) in [7, 11) is 0. The third-order valence-corrected chi connectivity index (χ3v) is 4.46. The molecule has 0 bridgehead atoms. The lowest BCUT2D eigenvalue weighted by Gasteiger charge is -2.20. The van der Waals surface area contributed by atoms with Crippen molar-refractivity contribution < 1.29 is 9.21 Å². The quantitative estimate of drug-likeness (QED) is 0.872. The number of fused-ring (bicyclic) bond motifs is 1. The highest BCUT2D eigenvalue weighted by molar-refractivity contribution is 6.45. The molecule has 0 radical (unpaired) electrons. The third-order valence-electron chi connectivity index (χ3n) is 3.91. The van der Waals surface area contributed by atoms with Gasteiger partial charge in [-0.1, -0.05) is 24.3 Å². The second kappa shape index (κ2) is 6.12. The van der Waals surface area contributed by atoms with Crippen molar-refractivity contribution >= 4 is 29.1 Å². The van der Waals surface area contributed by atoms with E-state index in [0.29, 0.717) is 13.0 Å². The number of carbonyl (C=O) groups is 1. The molecule has 0 spiro atoms. The molecule has 0 saturated heterocycles. The third kappa shape index (κ3) is 2.94. The lowest BCUT2D eigenvalue weighted by molar-refractivity contribution is -0.125. The predicted octanol–water partition coefficient (Wildman–Crippen LogP) is 3.66. The van der Waals surface area contributed by atoms with E-state index in [1.54, 1.807) is 12.3 Å². The number of rotatable bonds is 4. The summed E-state index contributed by atoms with van der Waals surface area (Å²) in [6.45, 7) is 0.376. The average molecular weight is 324 g/mol. The Kier molecular flexibility index (Phi) is 4.22.